The van der Waals surface area contributed by atoms with E-state index < -0.39 is 0 Å². The second-order valence-electron chi connectivity index (χ2n) is 8.44. The number of halogens is 2. The minimum absolute atomic E-state index is 0. The monoisotopic (exact) mass is 459 g/mol. The van der Waals surface area contributed by atoms with E-state index in [0.29, 0.717) is 19.4 Å². The Labute approximate surface area is 192 Å². The molecule has 9 heteroatoms. The predicted octanol–water partition coefficient (Wildman–Crippen LogP) is 3.18. The molecular weight excluding hydrogens is 425 g/mol. The van der Waals surface area contributed by atoms with E-state index in [-0.39, 0.29) is 42.0 Å². The molecule has 2 aliphatic heterocycles. The van der Waals surface area contributed by atoms with E-state index in [4.69, 9.17) is 0 Å². The van der Waals surface area contributed by atoms with Crippen LogP contribution in [0, 0.1) is 5.41 Å². The maximum absolute atomic E-state index is 12.4. The van der Waals surface area contributed by atoms with Crippen LogP contribution in [-0.4, -0.2) is 70.9 Å². The van der Waals surface area contributed by atoms with Crippen LogP contribution in [0.2, 0.25) is 0 Å². The molecule has 2 aliphatic rings. The second-order valence-corrected chi connectivity index (χ2v) is 8.44. The highest BCUT2D eigenvalue weighted by Gasteiger charge is 2.39. The summed E-state index contributed by atoms with van der Waals surface area (Å²) in [6, 6.07) is 1.84. The molecule has 3 heterocycles. The maximum Gasteiger partial charge on any atom is 0.229 e. The lowest BCUT2D eigenvalue weighted by Gasteiger charge is -2.37. The summed E-state index contributed by atoms with van der Waals surface area (Å²) in [5.41, 5.74) is -0.137. The molecule has 0 saturated carbocycles. The number of unbranched alkanes of at least 4 members (excludes halogenated alkanes) is 1. The van der Waals surface area contributed by atoms with Gasteiger partial charge in [-0.1, -0.05) is 20.3 Å². The molecule has 170 valence electrons. The Kier molecular flexibility index (Phi) is 11.0. The lowest BCUT2D eigenvalue weighted by Crippen LogP contribution is -2.48. The van der Waals surface area contributed by atoms with Gasteiger partial charge in [-0.15, -0.1) is 24.8 Å². The molecule has 0 unspecified atom stereocenters. The highest BCUT2D eigenvalue weighted by Crippen LogP contribution is 2.36. The molecule has 0 atom stereocenters. The van der Waals surface area contributed by atoms with Crippen molar-refractivity contribution in [1.29, 1.82) is 0 Å². The zero-order chi connectivity index (χ0) is 20.0. The van der Waals surface area contributed by atoms with E-state index in [1.54, 1.807) is 12.4 Å². The highest BCUT2D eigenvalue weighted by molar-refractivity contribution is 5.98. The third-order valence-electron chi connectivity index (χ3n) is 5.93. The third kappa shape index (κ3) is 7.06. The molecule has 1 aromatic rings. The average molecular weight is 460 g/mol. The number of anilines is 1. The van der Waals surface area contributed by atoms with Gasteiger partial charge in [-0.05, 0) is 37.3 Å². The van der Waals surface area contributed by atoms with Crippen LogP contribution in [0.4, 0.5) is 5.95 Å². The standard InChI is InChI=1S/C21H33N5O2.2ClH/c1-3-7-21(2)16-18(27)26(19(28)17-21)11-5-4-10-24-12-14-25(15-13-24)20-22-8-6-9-23-20;;/h6,8-9H,3-5,7,10-17H2,1-2H3;2*1H. The first-order valence-corrected chi connectivity index (χ1v) is 10.6. The fourth-order valence-electron chi connectivity index (χ4n) is 4.38. The van der Waals surface area contributed by atoms with Crippen molar-refractivity contribution in [3.8, 4) is 0 Å². The van der Waals surface area contributed by atoms with Crippen molar-refractivity contribution in [2.45, 2.75) is 52.4 Å². The number of piperazine rings is 1. The molecule has 0 bridgehead atoms. The van der Waals surface area contributed by atoms with E-state index in [0.717, 1.165) is 64.4 Å². The Balaban J connectivity index is 0.00000225. The molecular formula is C21H35Cl2N5O2. The Hall–Kier alpha value is -1.44. The Morgan fingerprint density at radius 3 is 2.07 bits per heavy atom. The van der Waals surface area contributed by atoms with Gasteiger partial charge in [0.15, 0.2) is 0 Å². The summed E-state index contributed by atoms with van der Waals surface area (Å²) in [5.74, 6) is 0.840. The van der Waals surface area contributed by atoms with Crippen molar-refractivity contribution in [2.24, 2.45) is 5.41 Å². The normalized spacial score (nSPS) is 19.3. The maximum atomic E-state index is 12.4. The number of carbonyl (C=O) groups is 2. The second kappa shape index (κ2) is 12.4. The Morgan fingerprint density at radius 1 is 0.933 bits per heavy atom. The van der Waals surface area contributed by atoms with E-state index in [2.05, 4.69) is 33.6 Å². The molecule has 2 fully saturated rings. The van der Waals surface area contributed by atoms with Gasteiger partial charge >= 0.3 is 0 Å². The summed E-state index contributed by atoms with van der Waals surface area (Å²) in [4.78, 5) is 39.7. The number of piperidine rings is 1. The fourth-order valence-corrected chi connectivity index (χ4v) is 4.38. The van der Waals surface area contributed by atoms with Gasteiger partial charge in [0.25, 0.3) is 0 Å². The number of hydrogen-bond donors (Lipinski definition) is 0. The van der Waals surface area contributed by atoms with Gasteiger partial charge in [-0.2, -0.15) is 0 Å². The number of rotatable bonds is 8. The average Bonchev–Trinajstić information content (AvgIpc) is 2.68. The van der Waals surface area contributed by atoms with Crippen LogP contribution in [0.5, 0.6) is 0 Å². The first kappa shape index (κ1) is 26.6. The summed E-state index contributed by atoms with van der Waals surface area (Å²) >= 11 is 0. The number of amides is 2. The molecule has 2 saturated heterocycles. The van der Waals surface area contributed by atoms with E-state index >= 15 is 0 Å². The SMILES string of the molecule is CCCC1(C)CC(=O)N(CCCCN2CCN(c3ncccn3)CC2)C(=O)C1.Cl.Cl. The summed E-state index contributed by atoms with van der Waals surface area (Å²) in [6.07, 6.45) is 8.42. The number of likely N-dealkylation sites (tertiary alicyclic amines) is 1. The largest absolute Gasteiger partial charge is 0.338 e. The fraction of sp³-hybridized carbons (Fsp3) is 0.714. The lowest BCUT2D eigenvalue weighted by atomic mass is 9.76. The van der Waals surface area contributed by atoms with Gasteiger partial charge in [0.05, 0.1) is 0 Å². The number of imide groups is 1. The molecule has 0 radical (unpaired) electrons. The van der Waals surface area contributed by atoms with Crippen LogP contribution in [0.25, 0.3) is 0 Å². The van der Waals surface area contributed by atoms with Crippen molar-refractivity contribution in [3.63, 3.8) is 0 Å². The minimum Gasteiger partial charge on any atom is -0.338 e. The summed E-state index contributed by atoms with van der Waals surface area (Å²) in [6.45, 7) is 9.62. The van der Waals surface area contributed by atoms with Gasteiger partial charge in [-0.3, -0.25) is 19.4 Å². The smallest absolute Gasteiger partial charge is 0.229 e. The third-order valence-corrected chi connectivity index (χ3v) is 5.93. The van der Waals surface area contributed by atoms with Gasteiger partial charge in [0.1, 0.15) is 0 Å². The summed E-state index contributed by atoms with van der Waals surface area (Å²) in [7, 11) is 0. The highest BCUT2D eigenvalue weighted by atomic mass is 35.5. The molecule has 0 spiro atoms. The van der Waals surface area contributed by atoms with E-state index in [9.17, 15) is 9.59 Å². The van der Waals surface area contributed by atoms with Crippen LogP contribution >= 0.6 is 24.8 Å². The molecule has 0 aliphatic carbocycles. The molecule has 3 rings (SSSR count). The van der Waals surface area contributed by atoms with Crippen molar-refractivity contribution < 1.29 is 9.59 Å². The van der Waals surface area contributed by atoms with E-state index in [1.807, 2.05) is 6.07 Å². The van der Waals surface area contributed by atoms with Crippen LogP contribution in [0.15, 0.2) is 18.5 Å². The number of carbonyl (C=O) groups excluding carboxylic acids is 2. The number of aromatic nitrogens is 2. The van der Waals surface area contributed by atoms with Crippen LogP contribution in [-0.2, 0) is 9.59 Å². The minimum atomic E-state index is -0.137. The van der Waals surface area contributed by atoms with Gasteiger partial charge < -0.3 is 4.90 Å². The van der Waals surface area contributed by atoms with E-state index in [1.165, 1.54) is 4.90 Å². The van der Waals surface area contributed by atoms with Crippen LogP contribution in [0.1, 0.15) is 52.4 Å². The van der Waals surface area contributed by atoms with Gasteiger partial charge in [0.2, 0.25) is 17.8 Å². The van der Waals surface area contributed by atoms with Crippen LogP contribution in [0.3, 0.4) is 0 Å². The van der Waals surface area contributed by atoms with Crippen molar-refractivity contribution in [2.75, 3.05) is 44.2 Å². The zero-order valence-corrected chi connectivity index (χ0v) is 19.7. The molecule has 0 N–H and O–H groups in total. The van der Waals surface area contributed by atoms with Crippen molar-refractivity contribution in [1.82, 2.24) is 19.8 Å². The summed E-state index contributed by atoms with van der Waals surface area (Å²) in [5, 5.41) is 0. The molecule has 0 aromatic carbocycles. The van der Waals surface area contributed by atoms with Gasteiger partial charge in [0, 0.05) is 58.0 Å². The molecule has 2 amide bonds. The molecule has 1 aromatic heterocycles. The molecule has 7 nitrogen and oxygen atoms in total. The zero-order valence-electron chi connectivity index (χ0n) is 18.1. The molecule has 30 heavy (non-hydrogen) atoms. The first-order chi connectivity index (χ1) is 13.5. The first-order valence-electron chi connectivity index (χ1n) is 10.6. The quantitative estimate of drug-likeness (QED) is 0.439. The summed E-state index contributed by atoms with van der Waals surface area (Å²) < 4.78 is 0. The number of nitrogens with zero attached hydrogens (tertiary/aromatic N) is 5. The van der Waals surface area contributed by atoms with Gasteiger partial charge in [-0.25, -0.2) is 9.97 Å². The predicted molar refractivity (Wildman–Crippen MR) is 123 cm³/mol. The number of hydrogen-bond acceptors (Lipinski definition) is 6. The lowest BCUT2D eigenvalue weighted by molar-refractivity contribution is -0.153. The Morgan fingerprint density at radius 2 is 1.50 bits per heavy atom. The van der Waals surface area contributed by atoms with Crippen LogP contribution < -0.4 is 4.90 Å². The van der Waals surface area contributed by atoms with Crippen molar-refractivity contribution >= 4 is 42.6 Å². The Bertz CT molecular complexity index is 651. The van der Waals surface area contributed by atoms with Crippen molar-refractivity contribution in [3.05, 3.63) is 18.5 Å². The topological polar surface area (TPSA) is 69.6 Å².